The molecule has 4 rings (SSSR count). The number of aromatic nitrogens is 2. The molecule has 2 aromatic carbocycles. The fourth-order valence-corrected chi connectivity index (χ4v) is 3.36. The zero-order valence-electron chi connectivity index (χ0n) is 14.1. The van der Waals surface area contributed by atoms with E-state index in [9.17, 15) is 4.79 Å². The minimum atomic E-state index is 0.0505. The van der Waals surface area contributed by atoms with Gasteiger partial charge in [0, 0.05) is 31.6 Å². The van der Waals surface area contributed by atoms with Crippen LogP contribution >= 0.6 is 0 Å². The van der Waals surface area contributed by atoms with Crippen LogP contribution < -0.4 is 9.64 Å². The van der Waals surface area contributed by atoms with Gasteiger partial charge < -0.3 is 14.5 Å². The number of amides is 1. The van der Waals surface area contributed by atoms with E-state index in [-0.39, 0.29) is 5.91 Å². The van der Waals surface area contributed by atoms with Crippen molar-refractivity contribution in [2.24, 2.45) is 0 Å². The molecule has 3 aromatic rings. The van der Waals surface area contributed by atoms with E-state index >= 15 is 0 Å². The van der Waals surface area contributed by atoms with E-state index < -0.39 is 0 Å². The summed E-state index contributed by atoms with van der Waals surface area (Å²) < 4.78 is 5.45. The van der Waals surface area contributed by atoms with E-state index in [2.05, 4.69) is 21.2 Å². The fourth-order valence-electron chi connectivity index (χ4n) is 3.36. The largest absolute Gasteiger partial charge is 0.495 e. The Bertz CT molecular complexity index is 897. The number of H-pyrrole nitrogens is 1. The highest BCUT2D eigenvalue weighted by molar-refractivity contribution is 6.05. The lowest BCUT2D eigenvalue weighted by molar-refractivity contribution is 0.0748. The maximum Gasteiger partial charge on any atom is 0.256 e. The van der Waals surface area contributed by atoms with Gasteiger partial charge in [-0.3, -0.25) is 9.89 Å². The monoisotopic (exact) mass is 336 g/mol. The number of hydrogen-bond donors (Lipinski definition) is 1. The summed E-state index contributed by atoms with van der Waals surface area (Å²) in [5.74, 6) is 0.916. The Morgan fingerprint density at radius 2 is 1.88 bits per heavy atom. The highest BCUT2D eigenvalue weighted by Crippen LogP contribution is 2.28. The number of benzene rings is 2. The van der Waals surface area contributed by atoms with Gasteiger partial charge in [0.15, 0.2) is 0 Å². The van der Waals surface area contributed by atoms with Gasteiger partial charge >= 0.3 is 0 Å². The van der Waals surface area contributed by atoms with Crippen LogP contribution in [0.2, 0.25) is 0 Å². The van der Waals surface area contributed by atoms with Crippen LogP contribution in [0.15, 0.2) is 48.7 Å². The first kappa shape index (κ1) is 15.5. The minimum Gasteiger partial charge on any atom is -0.495 e. The second-order valence-corrected chi connectivity index (χ2v) is 6.09. The van der Waals surface area contributed by atoms with Crippen LogP contribution in [0.3, 0.4) is 0 Å². The molecule has 1 aliphatic heterocycles. The highest BCUT2D eigenvalue weighted by Gasteiger charge is 2.25. The first-order chi connectivity index (χ1) is 12.3. The Labute approximate surface area is 146 Å². The van der Waals surface area contributed by atoms with E-state index in [0.717, 1.165) is 35.4 Å². The Morgan fingerprint density at radius 1 is 1.08 bits per heavy atom. The smallest absolute Gasteiger partial charge is 0.256 e. The Hall–Kier alpha value is -3.02. The number of nitrogens with zero attached hydrogens (tertiary/aromatic N) is 3. The third kappa shape index (κ3) is 2.80. The van der Waals surface area contributed by atoms with Crippen LogP contribution in [0.4, 0.5) is 5.69 Å². The molecule has 1 N–H and O–H groups in total. The van der Waals surface area contributed by atoms with Crippen LogP contribution in [-0.2, 0) is 0 Å². The van der Waals surface area contributed by atoms with Gasteiger partial charge in [-0.2, -0.15) is 5.10 Å². The molecule has 0 aliphatic carbocycles. The quantitative estimate of drug-likeness (QED) is 0.798. The van der Waals surface area contributed by atoms with Crippen LogP contribution in [-0.4, -0.2) is 54.3 Å². The molecule has 0 atom stereocenters. The number of hydrogen-bond acceptors (Lipinski definition) is 4. The maximum atomic E-state index is 12.9. The summed E-state index contributed by atoms with van der Waals surface area (Å²) >= 11 is 0. The molecule has 1 fully saturated rings. The van der Waals surface area contributed by atoms with E-state index in [1.165, 1.54) is 0 Å². The molecule has 128 valence electrons. The SMILES string of the molecule is COc1ccccc1N1CCN(C(=O)c2cccc3cn[nH]c23)CC1. The Balaban J connectivity index is 1.50. The molecule has 6 heteroatoms. The van der Waals surface area contributed by atoms with Crippen molar-refractivity contribution in [2.75, 3.05) is 38.2 Å². The zero-order chi connectivity index (χ0) is 17.2. The third-order valence-corrected chi connectivity index (χ3v) is 4.70. The number of anilines is 1. The van der Waals surface area contributed by atoms with Gasteiger partial charge in [0.05, 0.1) is 30.1 Å². The molecular formula is C19H20N4O2. The Morgan fingerprint density at radius 3 is 2.68 bits per heavy atom. The van der Waals surface area contributed by atoms with Gasteiger partial charge in [-0.1, -0.05) is 24.3 Å². The van der Waals surface area contributed by atoms with Crippen LogP contribution in [0.1, 0.15) is 10.4 Å². The third-order valence-electron chi connectivity index (χ3n) is 4.70. The van der Waals surface area contributed by atoms with Crippen LogP contribution in [0, 0.1) is 0 Å². The summed E-state index contributed by atoms with van der Waals surface area (Å²) in [6, 6.07) is 13.7. The number of rotatable bonds is 3. The molecule has 0 bridgehead atoms. The number of carbonyl (C=O) groups excluding carboxylic acids is 1. The summed E-state index contributed by atoms with van der Waals surface area (Å²) in [6.45, 7) is 2.93. The van der Waals surface area contributed by atoms with E-state index in [1.54, 1.807) is 13.3 Å². The number of nitrogens with one attached hydrogen (secondary N) is 1. The normalized spacial score (nSPS) is 14.8. The first-order valence-electron chi connectivity index (χ1n) is 8.37. The summed E-state index contributed by atoms with van der Waals surface area (Å²) in [6.07, 6.45) is 1.74. The van der Waals surface area contributed by atoms with Gasteiger partial charge in [-0.05, 0) is 18.2 Å². The minimum absolute atomic E-state index is 0.0505. The number of methoxy groups -OCH3 is 1. The number of fused-ring (bicyclic) bond motifs is 1. The molecule has 1 amide bonds. The number of aromatic amines is 1. The molecule has 0 saturated carbocycles. The number of carbonyl (C=O) groups is 1. The summed E-state index contributed by atoms with van der Waals surface area (Å²) in [4.78, 5) is 17.1. The van der Waals surface area contributed by atoms with Crippen molar-refractivity contribution in [3.8, 4) is 5.75 Å². The average Bonchev–Trinajstić information content (AvgIpc) is 3.16. The van der Waals surface area contributed by atoms with Crippen molar-refractivity contribution in [1.29, 1.82) is 0 Å². The van der Waals surface area contributed by atoms with Gasteiger partial charge in [0.2, 0.25) is 0 Å². The predicted molar refractivity (Wildman–Crippen MR) is 97.2 cm³/mol. The molecule has 25 heavy (non-hydrogen) atoms. The molecule has 6 nitrogen and oxygen atoms in total. The van der Waals surface area contributed by atoms with Gasteiger partial charge in [-0.15, -0.1) is 0 Å². The molecule has 1 aromatic heterocycles. The molecule has 0 unspecified atom stereocenters. The van der Waals surface area contributed by atoms with Gasteiger partial charge in [0.25, 0.3) is 5.91 Å². The number of para-hydroxylation sites is 3. The molecule has 2 heterocycles. The maximum absolute atomic E-state index is 12.9. The lowest BCUT2D eigenvalue weighted by atomic mass is 10.1. The van der Waals surface area contributed by atoms with E-state index in [1.807, 2.05) is 41.3 Å². The zero-order valence-corrected chi connectivity index (χ0v) is 14.1. The molecule has 0 spiro atoms. The van der Waals surface area contributed by atoms with Crippen molar-refractivity contribution in [1.82, 2.24) is 15.1 Å². The second-order valence-electron chi connectivity index (χ2n) is 6.09. The van der Waals surface area contributed by atoms with Gasteiger partial charge in [0.1, 0.15) is 5.75 Å². The highest BCUT2D eigenvalue weighted by atomic mass is 16.5. The number of piperazine rings is 1. The molecular weight excluding hydrogens is 316 g/mol. The lowest BCUT2D eigenvalue weighted by Crippen LogP contribution is -2.48. The molecule has 0 radical (unpaired) electrons. The van der Waals surface area contributed by atoms with E-state index in [4.69, 9.17) is 4.74 Å². The van der Waals surface area contributed by atoms with Crippen molar-refractivity contribution >= 4 is 22.5 Å². The molecule has 1 aliphatic rings. The Kier molecular flexibility index (Phi) is 4.01. The second kappa shape index (κ2) is 6.47. The summed E-state index contributed by atoms with van der Waals surface area (Å²) in [7, 11) is 1.68. The van der Waals surface area contributed by atoms with Crippen LogP contribution in [0.5, 0.6) is 5.75 Å². The van der Waals surface area contributed by atoms with Crippen LogP contribution in [0.25, 0.3) is 10.9 Å². The van der Waals surface area contributed by atoms with E-state index in [0.29, 0.717) is 18.7 Å². The van der Waals surface area contributed by atoms with Crippen molar-refractivity contribution in [3.63, 3.8) is 0 Å². The summed E-state index contributed by atoms with van der Waals surface area (Å²) in [5.41, 5.74) is 2.56. The number of ether oxygens (including phenoxy) is 1. The first-order valence-corrected chi connectivity index (χ1v) is 8.37. The van der Waals surface area contributed by atoms with Crippen molar-refractivity contribution in [2.45, 2.75) is 0 Å². The fraction of sp³-hybridized carbons (Fsp3) is 0.263. The summed E-state index contributed by atoms with van der Waals surface area (Å²) in [5, 5.41) is 7.93. The predicted octanol–water partition coefficient (Wildman–Crippen LogP) is 2.53. The standard InChI is InChI=1S/C19H20N4O2/c1-25-17-8-3-2-7-16(17)22-9-11-23(12-10-22)19(24)15-6-4-5-14-13-20-21-18(14)15/h2-8,13H,9-12H2,1H3,(H,20,21). The lowest BCUT2D eigenvalue weighted by Gasteiger charge is -2.36. The van der Waals surface area contributed by atoms with Crippen molar-refractivity contribution in [3.05, 3.63) is 54.2 Å². The topological polar surface area (TPSA) is 61.5 Å². The van der Waals surface area contributed by atoms with Crippen molar-refractivity contribution < 1.29 is 9.53 Å². The average molecular weight is 336 g/mol. The molecule has 1 saturated heterocycles. The van der Waals surface area contributed by atoms with Gasteiger partial charge in [-0.25, -0.2) is 0 Å².